The van der Waals surface area contributed by atoms with Crippen molar-refractivity contribution in [3.05, 3.63) is 10.3 Å². The summed E-state index contributed by atoms with van der Waals surface area (Å²) in [5, 5.41) is 1.98. The van der Waals surface area contributed by atoms with Crippen molar-refractivity contribution in [3.8, 4) is 0 Å². The third-order valence-electron chi connectivity index (χ3n) is 2.47. The van der Waals surface area contributed by atoms with E-state index in [0.29, 0.717) is 13.1 Å². The standard InChI is InChI=1S/C10H17BrN4O2/c1-10(2,3)17-9(16)14-4-5-15-7(6-14)8(11)12-13-15/h12-13H,4-6H2,1-3H3. The minimum Gasteiger partial charge on any atom is -0.444 e. The number of amides is 1. The summed E-state index contributed by atoms with van der Waals surface area (Å²) in [4.78, 5) is 13.6. The number of hydrogen-bond acceptors (Lipinski definition) is 5. The zero-order chi connectivity index (χ0) is 12.6. The Morgan fingerprint density at radius 1 is 1.41 bits per heavy atom. The van der Waals surface area contributed by atoms with Gasteiger partial charge in [0.1, 0.15) is 10.2 Å². The molecule has 0 atom stereocenters. The summed E-state index contributed by atoms with van der Waals surface area (Å²) in [5.74, 6) is 0. The van der Waals surface area contributed by atoms with Crippen molar-refractivity contribution in [2.24, 2.45) is 0 Å². The molecular weight excluding hydrogens is 288 g/mol. The van der Waals surface area contributed by atoms with Crippen LogP contribution in [0.5, 0.6) is 0 Å². The van der Waals surface area contributed by atoms with Crippen molar-refractivity contribution >= 4 is 22.0 Å². The van der Waals surface area contributed by atoms with E-state index >= 15 is 0 Å². The lowest BCUT2D eigenvalue weighted by Gasteiger charge is -2.35. The molecule has 0 saturated carbocycles. The molecule has 2 aliphatic heterocycles. The molecule has 1 fully saturated rings. The maximum absolute atomic E-state index is 11.9. The van der Waals surface area contributed by atoms with Crippen molar-refractivity contribution in [3.63, 3.8) is 0 Å². The Kier molecular flexibility index (Phi) is 3.22. The highest BCUT2D eigenvalue weighted by Crippen LogP contribution is 2.22. The lowest BCUT2D eigenvalue weighted by Crippen LogP contribution is -2.51. The first kappa shape index (κ1) is 12.5. The van der Waals surface area contributed by atoms with Crippen LogP contribution in [0.15, 0.2) is 10.3 Å². The SMILES string of the molecule is CC(C)(C)OC(=O)N1CCN2NNC(Br)=C2C1. The van der Waals surface area contributed by atoms with E-state index in [1.165, 1.54) is 0 Å². The largest absolute Gasteiger partial charge is 0.444 e. The van der Waals surface area contributed by atoms with Gasteiger partial charge in [-0.2, -0.15) is 0 Å². The molecule has 2 aliphatic rings. The van der Waals surface area contributed by atoms with E-state index in [0.717, 1.165) is 16.8 Å². The second kappa shape index (κ2) is 4.38. The van der Waals surface area contributed by atoms with Gasteiger partial charge in [-0.3, -0.25) is 10.4 Å². The third kappa shape index (κ3) is 2.84. The maximum Gasteiger partial charge on any atom is 0.410 e. The van der Waals surface area contributed by atoms with Gasteiger partial charge in [0.2, 0.25) is 0 Å². The van der Waals surface area contributed by atoms with E-state index in [1.54, 1.807) is 4.90 Å². The predicted octanol–water partition coefficient (Wildman–Crippen LogP) is 1.13. The van der Waals surface area contributed by atoms with E-state index in [2.05, 4.69) is 26.9 Å². The number of carbonyl (C=O) groups excluding carboxylic acids is 1. The molecule has 0 aromatic carbocycles. The van der Waals surface area contributed by atoms with Crippen molar-refractivity contribution in [2.45, 2.75) is 26.4 Å². The number of carbonyl (C=O) groups is 1. The van der Waals surface area contributed by atoms with E-state index in [-0.39, 0.29) is 6.09 Å². The van der Waals surface area contributed by atoms with Crippen molar-refractivity contribution in [2.75, 3.05) is 19.6 Å². The van der Waals surface area contributed by atoms with E-state index in [1.807, 2.05) is 25.8 Å². The smallest absolute Gasteiger partial charge is 0.410 e. The van der Waals surface area contributed by atoms with Crippen LogP contribution in [0.2, 0.25) is 0 Å². The number of fused-ring (bicyclic) bond motifs is 1. The van der Waals surface area contributed by atoms with E-state index < -0.39 is 5.60 Å². The quantitative estimate of drug-likeness (QED) is 0.657. The maximum atomic E-state index is 11.9. The second-order valence-corrected chi connectivity index (χ2v) is 5.84. The Hall–Kier alpha value is -0.950. The van der Waals surface area contributed by atoms with E-state index in [4.69, 9.17) is 4.74 Å². The third-order valence-corrected chi connectivity index (χ3v) is 3.12. The minimum atomic E-state index is -0.452. The Labute approximate surface area is 109 Å². The molecule has 0 aromatic rings. The fourth-order valence-electron chi connectivity index (χ4n) is 1.68. The molecule has 96 valence electrons. The summed E-state index contributed by atoms with van der Waals surface area (Å²) >= 11 is 3.40. The van der Waals surface area contributed by atoms with Crippen LogP contribution in [0.25, 0.3) is 0 Å². The van der Waals surface area contributed by atoms with Crippen LogP contribution in [0.3, 0.4) is 0 Å². The zero-order valence-corrected chi connectivity index (χ0v) is 11.8. The Balaban J connectivity index is 2.00. The molecular formula is C10H17BrN4O2. The molecule has 1 saturated heterocycles. The highest BCUT2D eigenvalue weighted by atomic mass is 79.9. The van der Waals surface area contributed by atoms with Crippen molar-refractivity contribution in [1.29, 1.82) is 0 Å². The van der Waals surface area contributed by atoms with Gasteiger partial charge in [0, 0.05) is 6.54 Å². The minimum absolute atomic E-state index is 0.267. The summed E-state index contributed by atoms with van der Waals surface area (Å²) in [7, 11) is 0. The number of piperazine rings is 1. The van der Waals surface area contributed by atoms with Crippen LogP contribution in [-0.4, -0.2) is 41.2 Å². The molecule has 17 heavy (non-hydrogen) atoms. The molecule has 0 bridgehead atoms. The molecule has 0 unspecified atom stereocenters. The Morgan fingerprint density at radius 3 is 2.76 bits per heavy atom. The molecule has 0 aliphatic carbocycles. The van der Waals surface area contributed by atoms with Gasteiger partial charge in [-0.25, -0.2) is 4.79 Å². The fraction of sp³-hybridized carbons (Fsp3) is 0.700. The monoisotopic (exact) mass is 304 g/mol. The number of nitrogens with one attached hydrogen (secondary N) is 2. The summed E-state index contributed by atoms with van der Waals surface area (Å²) in [6.45, 7) is 7.53. The molecule has 0 aromatic heterocycles. The molecule has 2 heterocycles. The van der Waals surface area contributed by atoms with Gasteiger partial charge in [-0.15, -0.1) is 5.53 Å². The molecule has 0 spiro atoms. The number of hydrogen-bond donors (Lipinski definition) is 2. The van der Waals surface area contributed by atoms with Gasteiger partial charge in [0.25, 0.3) is 0 Å². The van der Waals surface area contributed by atoms with Gasteiger partial charge >= 0.3 is 6.09 Å². The average molecular weight is 305 g/mol. The summed E-state index contributed by atoms with van der Waals surface area (Å²) in [5.41, 5.74) is 6.53. The van der Waals surface area contributed by atoms with Crippen molar-refractivity contribution in [1.82, 2.24) is 20.9 Å². The fourth-order valence-corrected chi connectivity index (χ4v) is 2.11. The highest BCUT2D eigenvalue weighted by molar-refractivity contribution is 9.11. The first-order valence-corrected chi connectivity index (χ1v) is 6.32. The number of ether oxygens (including phenoxy) is 1. The van der Waals surface area contributed by atoms with Crippen LogP contribution >= 0.6 is 15.9 Å². The molecule has 2 rings (SSSR count). The van der Waals surface area contributed by atoms with Gasteiger partial charge in [0.05, 0.1) is 18.8 Å². The average Bonchev–Trinajstić information content (AvgIpc) is 2.57. The van der Waals surface area contributed by atoms with Gasteiger partial charge < -0.3 is 9.64 Å². The summed E-state index contributed by atoms with van der Waals surface area (Å²) in [6, 6.07) is 0. The lowest BCUT2D eigenvalue weighted by atomic mass is 10.2. The highest BCUT2D eigenvalue weighted by Gasteiger charge is 2.32. The van der Waals surface area contributed by atoms with E-state index in [9.17, 15) is 4.79 Å². The van der Waals surface area contributed by atoms with Crippen molar-refractivity contribution < 1.29 is 9.53 Å². The molecule has 7 heteroatoms. The van der Waals surface area contributed by atoms with Crippen LogP contribution in [0, 0.1) is 0 Å². The first-order chi connectivity index (χ1) is 7.87. The Bertz CT molecular complexity index is 364. The van der Waals surface area contributed by atoms with Gasteiger partial charge in [-0.1, -0.05) is 0 Å². The number of nitrogens with zero attached hydrogens (tertiary/aromatic N) is 2. The summed E-state index contributed by atoms with van der Waals surface area (Å²) < 4.78 is 6.22. The van der Waals surface area contributed by atoms with Crippen LogP contribution in [0.4, 0.5) is 4.79 Å². The molecule has 6 nitrogen and oxygen atoms in total. The second-order valence-electron chi connectivity index (χ2n) is 5.05. The predicted molar refractivity (Wildman–Crippen MR) is 66.7 cm³/mol. The lowest BCUT2D eigenvalue weighted by molar-refractivity contribution is 0.0178. The number of rotatable bonds is 0. The van der Waals surface area contributed by atoms with Gasteiger partial charge in [-0.05, 0) is 36.7 Å². The van der Waals surface area contributed by atoms with Gasteiger partial charge in [0.15, 0.2) is 0 Å². The summed E-state index contributed by atoms with van der Waals surface area (Å²) in [6.07, 6.45) is -0.267. The normalized spacial score (nSPS) is 20.2. The molecule has 2 N–H and O–H groups in total. The molecule has 0 radical (unpaired) electrons. The number of halogens is 1. The zero-order valence-electron chi connectivity index (χ0n) is 10.2. The molecule has 1 amide bonds. The Morgan fingerprint density at radius 2 is 2.12 bits per heavy atom. The first-order valence-electron chi connectivity index (χ1n) is 5.52. The topological polar surface area (TPSA) is 56.8 Å². The number of hydrazine groups is 2. The van der Waals surface area contributed by atoms with Crippen LogP contribution in [0.1, 0.15) is 20.8 Å². The van der Waals surface area contributed by atoms with Crippen LogP contribution < -0.4 is 11.0 Å². The van der Waals surface area contributed by atoms with Crippen LogP contribution in [-0.2, 0) is 4.74 Å².